The number of aryl methyl sites for hydroxylation is 1. The molecule has 0 radical (unpaired) electrons. The predicted molar refractivity (Wildman–Crippen MR) is 92.6 cm³/mol. The Balaban J connectivity index is 2.09. The van der Waals surface area contributed by atoms with Crippen molar-refractivity contribution in [3.63, 3.8) is 0 Å². The van der Waals surface area contributed by atoms with Crippen LogP contribution in [0.4, 0.5) is 4.39 Å². The Morgan fingerprint density at radius 3 is 2.90 bits per heavy atom. The molecule has 3 aromatic rings. The van der Waals surface area contributed by atoms with Crippen molar-refractivity contribution in [2.75, 3.05) is 0 Å². The maximum atomic E-state index is 13.8. The van der Waals surface area contributed by atoms with Crippen molar-refractivity contribution < 1.29 is 4.39 Å². The first kappa shape index (κ1) is 15.2. The lowest BCUT2D eigenvalue weighted by Crippen LogP contribution is -2.03. The lowest BCUT2D eigenvalue weighted by atomic mass is 10.3. The van der Waals surface area contributed by atoms with E-state index in [1.807, 2.05) is 33.4 Å². The molecule has 0 aliphatic heterocycles. The summed E-state index contributed by atoms with van der Waals surface area (Å²) < 4.78 is 16.4. The van der Waals surface area contributed by atoms with E-state index in [-0.39, 0.29) is 5.82 Å². The number of benzene rings is 1. The highest BCUT2D eigenvalue weighted by atomic mass is 127. The smallest absolute Gasteiger partial charge is 0.138 e. The van der Waals surface area contributed by atoms with Crippen LogP contribution in [0.15, 0.2) is 18.3 Å². The molecule has 0 fully saturated rings. The summed E-state index contributed by atoms with van der Waals surface area (Å²) in [5.74, 6) is 0.791. The number of hydrogen-bond donors (Lipinski definition) is 0. The summed E-state index contributed by atoms with van der Waals surface area (Å²) in [7, 11) is 0. The number of imidazole rings is 1. The highest BCUT2D eigenvalue weighted by molar-refractivity contribution is 14.1. The van der Waals surface area contributed by atoms with Crippen molar-refractivity contribution in [2.45, 2.75) is 25.8 Å². The first-order valence-electron chi connectivity index (χ1n) is 6.46. The van der Waals surface area contributed by atoms with Crippen molar-refractivity contribution in [2.24, 2.45) is 0 Å². The van der Waals surface area contributed by atoms with Gasteiger partial charge < -0.3 is 4.57 Å². The summed E-state index contributed by atoms with van der Waals surface area (Å²) in [6.07, 6.45) is 2.86. The van der Waals surface area contributed by atoms with Crippen LogP contribution in [0.5, 0.6) is 0 Å². The van der Waals surface area contributed by atoms with E-state index in [9.17, 15) is 4.39 Å². The van der Waals surface area contributed by atoms with Gasteiger partial charge in [0.2, 0.25) is 0 Å². The van der Waals surface area contributed by atoms with Gasteiger partial charge in [0, 0.05) is 17.1 Å². The molecular weight excluding hydrogens is 424 g/mol. The van der Waals surface area contributed by atoms with Crippen LogP contribution in [-0.4, -0.2) is 14.5 Å². The van der Waals surface area contributed by atoms with E-state index < -0.39 is 0 Å². The van der Waals surface area contributed by atoms with Crippen LogP contribution in [-0.2, 0) is 18.8 Å². The fourth-order valence-electron chi connectivity index (χ4n) is 2.17. The van der Waals surface area contributed by atoms with Gasteiger partial charge in [-0.15, -0.1) is 22.9 Å². The van der Waals surface area contributed by atoms with Gasteiger partial charge in [0.15, 0.2) is 0 Å². The van der Waals surface area contributed by atoms with Crippen molar-refractivity contribution in [1.29, 1.82) is 0 Å². The van der Waals surface area contributed by atoms with Crippen LogP contribution in [0.2, 0.25) is 0 Å². The zero-order chi connectivity index (χ0) is 15.0. The molecule has 1 aromatic carbocycles. The number of rotatable bonds is 4. The Hall–Kier alpha value is -0.730. The normalized spacial score (nSPS) is 11.4. The highest BCUT2D eigenvalue weighted by Gasteiger charge is 2.14. The van der Waals surface area contributed by atoms with Crippen LogP contribution in [0.1, 0.15) is 22.6 Å². The second kappa shape index (κ2) is 6.18. The number of aromatic nitrogens is 3. The molecular formula is C14H12ClFIN3S. The number of fused-ring (bicyclic) bond motifs is 1. The van der Waals surface area contributed by atoms with E-state index in [1.165, 1.54) is 10.9 Å². The minimum atomic E-state index is -0.237. The lowest BCUT2D eigenvalue weighted by Gasteiger charge is -2.05. The number of hydrogen-bond acceptors (Lipinski definition) is 3. The molecule has 0 aliphatic carbocycles. The van der Waals surface area contributed by atoms with Crippen molar-refractivity contribution >= 4 is 56.6 Å². The lowest BCUT2D eigenvalue weighted by molar-refractivity contribution is 0.621. The molecule has 0 saturated heterocycles. The summed E-state index contributed by atoms with van der Waals surface area (Å²) >= 11 is 9.62. The van der Waals surface area contributed by atoms with Crippen molar-refractivity contribution in [3.05, 3.63) is 43.4 Å². The number of thiazole rings is 1. The number of nitrogens with zero attached hydrogens (tertiary/aromatic N) is 3. The largest absolute Gasteiger partial charge is 0.320 e. The van der Waals surface area contributed by atoms with Crippen molar-refractivity contribution in [3.8, 4) is 0 Å². The van der Waals surface area contributed by atoms with Gasteiger partial charge in [-0.3, -0.25) is 0 Å². The minimum absolute atomic E-state index is 0.237. The highest BCUT2D eigenvalue weighted by Crippen LogP contribution is 2.24. The fraction of sp³-hybridized carbons (Fsp3) is 0.286. The standard InChI is InChI=1S/C14H12ClFIN3S/c1-2-8-6-18-14(21-8)7-20-12-3-9(16)10(17)4-11(12)19-13(20)5-15/h3-4,6H,2,5,7H2,1H3. The van der Waals surface area contributed by atoms with E-state index in [1.54, 1.807) is 17.4 Å². The third-order valence-corrected chi connectivity index (χ3v) is 5.42. The van der Waals surface area contributed by atoms with Gasteiger partial charge in [0.25, 0.3) is 0 Å². The Kier molecular flexibility index (Phi) is 4.46. The zero-order valence-electron chi connectivity index (χ0n) is 11.2. The molecule has 2 aromatic heterocycles. The second-order valence-corrected chi connectivity index (χ2v) is 7.21. The summed E-state index contributed by atoms with van der Waals surface area (Å²) in [4.78, 5) is 10.1. The minimum Gasteiger partial charge on any atom is -0.320 e. The van der Waals surface area contributed by atoms with Crippen molar-refractivity contribution in [1.82, 2.24) is 14.5 Å². The molecule has 0 amide bonds. The summed E-state index contributed by atoms with van der Waals surface area (Å²) in [5.41, 5.74) is 1.53. The molecule has 0 saturated carbocycles. The molecule has 0 unspecified atom stereocenters. The average Bonchev–Trinajstić information content (AvgIpc) is 3.05. The zero-order valence-corrected chi connectivity index (χ0v) is 15.0. The monoisotopic (exact) mass is 435 g/mol. The fourth-order valence-corrected chi connectivity index (χ4v) is 3.67. The number of halogens is 3. The third kappa shape index (κ3) is 2.93. The Bertz CT molecular complexity index is 799. The predicted octanol–water partition coefficient (Wildman–Crippen LogP) is 4.59. The molecule has 0 N–H and O–H groups in total. The summed E-state index contributed by atoms with van der Waals surface area (Å²) in [6, 6.07) is 3.27. The Morgan fingerprint density at radius 2 is 2.24 bits per heavy atom. The van der Waals surface area contributed by atoms with Gasteiger partial charge in [0.05, 0.1) is 27.0 Å². The quantitative estimate of drug-likeness (QED) is 0.443. The maximum Gasteiger partial charge on any atom is 0.138 e. The van der Waals surface area contributed by atoms with Gasteiger partial charge in [-0.25, -0.2) is 14.4 Å². The maximum absolute atomic E-state index is 13.8. The van der Waals surface area contributed by atoms with Gasteiger partial charge in [-0.2, -0.15) is 0 Å². The molecule has 0 spiro atoms. The van der Waals surface area contributed by atoms with Crippen LogP contribution < -0.4 is 0 Å². The van der Waals surface area contributed by atoms with Crippen LogP contribution in [0, 0.1) is 9.39 Å². The molecule has 0 aliphatic rings. The third-order valence-electron chi connectivity index (χ3n) is 3.23. The first-order valence-corrected chi connectivity index (χ1v) is 8.89. The molecule has 110 valence electrons. The van der Waals surface area contributed by atoms with E-state index in [0.717, 1.165) is 28.3 Å². The van der Waals surface area contributed by atoms with E-state index in [0.29, 0.717) is 16.0 Å². The van der Waals surface area contributed by atoms with Crippen LogP contribution in [0.25, 0.3) is 11.0 Å². The van der Waals surface area contributed by atoms with E-state index in [4.69, 9.17) is 11.6 Å². The van der Waals surface area contributed by atoms with Crippen LogP contribution in [0.3, 0.4) is 0 Å². The topological polar surface area (TPSA) is 30.7 Å². The first-order chi connectivity index (χ1) is 10.1. The van der Waals surface area contributed by atoms with Gasteiger partial charge in [-0.05, 0) is 35.1 Å². The summed E-state index contributed by atoms with van der Waals surface area (Å²) in [5, 5.41) is 0.983. The Morgan fingerprint density at radius 1 is 1.43 bits per heavy atom. The second-order valence-electron chi connectivity index (χ2n) is 4.58. The molecule has 0 bridgehead atoms. The van der Waals surface area contributed by atoms with E-state index in [2.05, 4.69) is 16.9 Å². The molecule has 3 rings (SSSR count). The Labute approximate surface area is 144 Å². The molecule has 0 atom stereocenters. The van der Waals surface area contributed by atoms with E-state index >= 15 is 0 Å². The van der Waals surface area contributed by atoms with Gasteiger partial charge in [-0.1, -0.05) is 6.92 Å². The SMILES string of the molecule is CCc1cnc(Cn2c(CCl)nc3cc(I)c(F)cc32)s1. The van der Waals surface area contributed by atoms with Gasteiger partial charge >= 0.3 is 0 Å². The molecule has 3 nitrogen and oxygen atoms in total. The van der Waals surface area contributed by atoms with Gasteiger partial charge in [0.1, 0.15) is 16.6 Å². The molecule has 2 heterocycles. The van der Waals surface area contributed by atoms with Crippen LogP contribution >= 0.6 is 45.5 Å². The molecule has 7 heteroatoms. The summed E-state index contributed by atoms with van der Waals surface area (Å²) in [6.45, 7) is 2.68. The number of alkyl halides is 1. The average molecular weight is 436 g/mol. The molecule has 21 heavy (non-hydrogen) atoms.